The highest BCUT2D eigenvalue weighted by Gasteiger charge is 2.46. The van der Waals surface area contributed by atoms with Gasteiger partial charge in [-0.15, -0.1) is 0 Å². The third-order valence-electron chi connectivity index (χ3n) is 1.28. The Labute approximate surface area is 38.1 Å². The van der Waals surface area contributed by atoms with Gasteiger partial charge >= 0.3 is 0 Å². The molecule has 0 N–H and O–H groups in total. The Morgan fingerprint density at radius 2 is 2.17 bits per heavy atom. The fourth-order valence-electron chi connectivity index (χ4n) is 0.410. The lowest BCUT2D eigenvalue weighted by Crippen LogP contribution is -1.98. The zero-order valence-corrected chi connectivity index (χ0v) is 3.74. The molecular formula is C4H6BF. The average molecular weight is 83.9 g/mol. The van der Waals surface area contributed by atoms with Crippen LogP contribution < -0.4 is 0 Å². The molecule has 1 aliphatic carbocycles. The van der Waals surface area contributed by atoms with E-state index in [1.807, 2.05) is 0 Å². The van der Waals surface area contributed by atoms with E-state index in [0.29, 0.717) is 6.42 Å². The molecule has 1 aliphatic rings. The van der Waals surface area contributed by atoms with E-state index in [4.69, 9.17) is 7.85 Å². The largest absolute Gasteiger partial charge is 0.255 e. The third-order valence-corrected chi connectivity index (χ3v) is 1.28. The molecule has 1 rings (SSSR count). The lowest BCUT2D eigenvalue weighted by molar-refractivity contribution is 0.401. The van der Waals surface area contributed by atoms with Crippen LogP contribution in [-0.4, -0.2) is 13.4 Å². The summed E-state index contributed by atoms with van der Waals surface area (Å²) in [6.07, 6.45) is 0.549. The first-order valence-electron chi connectivity index (χ1n) is 2.11. The van der Waals surface area contributed by atoms with Crippen molar-refractivity contribution in [2.45, 2.75) is 18.9 Å². The number of halogens is 1. The van der Waals surface area contributed by atoms with Gasteiger partial charge in [-0.3, -0.25) is 4.39 Å². The van der Waals surface area contributed by atoms with Crippen LogP contribution in [0.1, 0.15) is 13.3 Å². The van der Waals surface area contributed by atoms with Gasteiger partial charge in [-0.05, 0) is 12.3 Å². The molecular weight excluding hydrogens is 77.9 g/mol. The molecule has 0 spiro atoms. The fourth-order valence-corrected chi connectivity index (χ4v) is 0.410. The van der Waals surface area contributed by atoms with Crippen molar-refractivity contribution in [2.75, 3.05) is 0 Å². The minimum atomic E-state index is -1.29. The molecule has 2 atom stereocenters. The van der Waals surface area contributed by atoms with Crippen molar-refractivity contribution in [3.8, 4) is 0 Å². The monoisotopic (exact) mass is 84.1 g/mol. The molecule has 0 aromatic rings. The normalized spacial score (nSPS) is 55.3. The predicted octanol–water partition coefficient (Wildman–Crippen LogP) is 0.860. The Bertz CT molecular complexity index is 69.9. The number of alkyl halides is 1. The molecule has 0 aromatic carbocycles. The van der Waals surface area contributed by atoms with Crippen molar-refractivity contribution in [2.24, 2.45) is 5.92 Å². The van der Waals surface area contributed by atoms with E-state index in [1.165, 1.54) is 0 Å². The Kier molecular flexibility index (Phi) is 0.553. The summed E-state index contributed by atoms with van der Waals surface area (Å²) in [5.74, 6) is 0.109. The first-order chi connectivity index (χ1) is 2.63. The highest BCUT2D eigenvalue weighted by Crippen LogP contribution is 2.43. The van der Waals surface area contributed by atoms with Crippen molar-refractivity contribution in [1.29, 1.82) is 0 Å². The maximum atomic E-state index is 12.0. The van der Waals surface area contributed by atoms with Gasteiger partial charge in [0.2, 0.25) is 0 Å². The Hall–Kier alpha value is -0.00506. The topological polar surface area (TPSA) is 0 Å². The minimum Gasteiger partial charge on any atom is -0.255 e. The molecule has 32 valence electrons. The average Bonchev–Trinajstić information content (AvgIpc) is 1.73. The molecule has 0 bridgehead atoms. The van der Waals surface area contributed by atoms with Crippen LogP contribution in [0.4, 0.5) is 4.39 Å². The standard InChI is InChI=1S/C4H6BF/c1-3-2-4(3,5)6/h3H,2H2,1H3. The van der Waals surface area contributed by atoms with Gasteiger partial charge in [0.25, 0.3) is 0 Å². The minimum absolute atomic E-state index is 0.109. The maximum Gasteiger partial charge on any atom is 0.121 e. The van der Waals surface area contributed by atoms with Gasteiger partial charge in [0.1, 0.15) is 7.85 Å². The highest BCUT2D eigenvalue weighted by molar-refractivity contribution is 6.16. The summed E-state index contributed by atoms with van der Waals surface area (Å²) >= 11 is 0. The Morgan fingerprint density at radius 3 is 2.17 bits per heavy atom. The summed E-state index contributed by atoms with van der Waals surface area (Å²) in [6, 6.07) is 0. The summed E-state index contributed by atoms with van der Waals surface area (Å²) < 4.78 is 12.0. The van der Waals surface area contributed by atoms with Gasteiger partial charge in [0, 0.05) is 0 Å². The molecule has 1 fully saturated rings. The van der Waals surface area contributed by atoms with Gasteiger partial charge in [0.15, 0.2) is 0 Å². The molecule has 0 aromatic heterocycles. The van der Waals surface area contributed by atoms with Gasteiger partial charge in [-0.1, -0.05) is 6.92 Å². The molecule has 2 radical (unpaired) electrons. The Morgan fingerprint density at radius 1 is 2.00 bits per heavy atom. The van der Waals surface area contributed by atoms with Crippen LogP contribution in [0.5, 0.6) is 0 Å². The van der Waals surface area contributed by atoms with Crippen molar-refractivity contribution >= 4 is 7.85 Å². The quantitative estimate of drug-likeness (QED) is 0.382. The molecule has 6 heavy (non-hydrogen) atoms. The fraction of sp³-hybridized carbons (Fsp3) is 1.00. The second-order valence-corrected chi connectivity index (χ2v) is 2.03. The molecule has 0 amide bonds. The molecule has 2 heteroatoms. The van der Waals surface area contributed by atoms with E-state index in [-0.39, 0.29) is 5.92 Å². The van der Waals surface area contributed by atoms with Crippen LogP contribution in [-0.2, 0) is 0 Å². The summed E-state index contributed by atoms with van der Waals surface area (Å²) in [5.41, 5.74) is -1.29. The van der Waals surface area contributed by atoms with Crippen LogP contribution in [0.15, 0.2) is 0 Å². The second-order valence-electron chi connectivity index (χ2n) is 2.03. The van der Waals surface area contributed by atoms with E-state index in [1.54, 1.807) is 6.92 Å². The number of rotatable bonds is 0. The summed E-state index contributed by atoms with van der Waals surface area (Å²) in [7, 11) is 4.94. The molecule has 0 heterocycles. The molecule has 0 saturated heterocycles. The predicted molar refractivity (Wildman–Crippen MR) is 23.4 cm³/mol. The zero-order valence-electron chi connectivity index (χ0n) is 3.74. The van der Waals surface area contributed by atoms with E-state index in [0.717, 1.165) is 0 Å². The van der Waals surface area contributed by atoms with Gasteiger partial charge < -0.3 is 0 Å². The Balaban J connectivity index is 2.41. The molecule has 2 unspecified atom stereocenters. The summed E-state index contributed by atoms with van der Waals surface area (Å²) in [5, 5.41) is 0. The smallest absolute Gasteiger partial charge is 0.121 e. The van der Waals surface area contributed by atoms with E-state index in [2.05, 4.69) is 0 Å². The molecule has 0 aliphatic heterocycles. The van der Waals surface area contributed by atoms with Crippen molar-refractivity contribution < 1.29 is 4.39 Å². The lowest BCUT2D eigenvalue weighted by Gasteiger charge is -1.87. The van der Waals surface area contributed by atoms with Crippen molar-refractivity contribution in [1.82, 2.24) is 0 Å². The first-order valence-corrected chi connectivity index (χ1v) is 2.11. The highest BCUT2D eigenvalue weighted by atomic mass is 19.1. The maximum absolute atomic E-state index is 12.0. The van der Waals surface area contributed by atoms with Gasteiger partial charge in [-0.2, -0.15) is 0 Å². The van der Waals surface area contributed by atoms with Crippen LogP contribution in [0.2, 0.25) is 0 Å². The molecule has 1 saturated carbocycles. The SMILES string of the molecule is [B]C1(F)CC1C. The lowest BCUT2D eigenvalue weighted by atomic mass is 9.97. The van der Waals surface area contributed by atoms with Crippen LogP contribution in [0.25, 0.3) is 0 Å². The zero-order chi connectivity index (χ0) is 4.78. The van der Waals surface area contributed by atoms with Crippen molar-refractivity contribution in [3.05, 3.63) is 0 Å². The first kappa shape index (κ1) is 4.16. The third kappa shape index (κ3) is 0.443. The summed E-state index contributed by atoms with van der Waals surface area (Å²) in [4.78, 5) is 0. The molecule has 0 nitrogen and oxygen atoms in total. The summed E-state index contributed by atoms with van der Waals surface area (Å²) in [6.45, 7) is 1.81. The van der Waals surface area contributed by atoms with E-state index < -0.39 is 5.57 Å². The van der Waals surface area contributed by atoms with Gasteiger partial charge in [-0.25, -0.2) is 0 Å². The number of hydrogen-bond donors (Lipinski definition) is 0. The van der Waals surface area contributed by atoms with E-state index >= 15 is 0 Å². The van der Waals surface area contributed by atoms with Crippen LogP contribution in [0.3, 0.4) is 0 Å². The van der Waals surface area contributed by atoms with Crippen molar-refractivity contribution in [3.63, 3.8) is 0 Å². The second kappa shape index (κ2) is 0.798. The van der Waals surface area contributed by atoms with Gasteiger partial charge in [0.05, 0.1) is 5.57 Å². The van der Waals surface area contributed by atoms with Crippen LogP contribution in [0, 0.1) is 5.92 Å². The number of hydrogen-bond acceptors (Lipinski definition) is 0. The van der Waals surface area contributed by atoms with Crippen LogP contribution >= 0.6 is 0 Å². The van der Waals surface area contributed by atoms with E-state index in [9.17, 15) is 4.39 Å².